The fourth-order valence-corrected chi connectivity index (χ4v) is 4.11. The van der Waals surface area contributed by atoms with Crippen molar-refractivity contribution in [2.45, 2.75) is 19.1 Å². The first kappa shape index (κ1) is 23.8. The molecule has 1 fully saturated rings. The van der Waals surface area contributed by atoms with Gasteiger partial charge in [0.25, 0.3) is 0 Å². The normalized spacial score (nSPS) is 15.8. The number of aromatic amines is 1. The number of carbonyl (C=O) groups is 1. The summed E-state index contributed by atoms with van der Waals surface area (Å²) in [6, 6.07) is 17.2. The lowest BCUT2D eigenvalue weighted by molar-refractivity contribution is -0.192. The van der Waals surface area contributed by atoms with Crippen LogP contribution in [0.5, 0.6) is 0 Å². The number of likely N-dealkylation sites (N-methyl/N-ethyl adjacent to an activating group) is 1. The molecule has 1 aliphatic carbocycles. The van der Waals surface area contributed by atoms with Crippen LogP contribution in [-0.4, -0.2) is 70.5 Å². The quantitative estimate of drug-likeness (QED) is 0.414. The maximum atomic E-state index is 10.6. The maximum absolute atomic E-state index is 10.6. The van der Waals surface area contributed by atoms with Crippen molar-refractivity contribution in [3.05, 3.63) is 65.2 Å². The van der Waals surface area contributed by atoms with Crippen LogP contribution < -0.4 is 5.32 Å². The number of aromatic nitrogens is 2. The van der Waals surface area contributed by atoms with E-state index in [1.807, 2.05) is 18.2 Å². The number of hydrogen-bond donors (Lipinski definition) is 3. The lowest BCUT2D eigenvalue weighted by atomic mass is 10.0. The summed E-state index contributed by atoms with van der Waals surface area (Å²) in [6.07, 6.45) is -4.15. The number of carboxylic acid groups (broad SMARTS) is 1. The summed E-state index contributed by atoms with van der Waals surface area (Å²) in [5.41, 5.74) is 7.61. The van der Waals surface area contributed by atoms with Crippen LogP contribution in [0.15, 0.2) is 48.5 Å². The number of anilines is 2. The third-order valence-corrected chi connectivity index (χ3v) is 5.95. The molecule has 10 heteroatoms. The molecule has 2 aromatic carbocycles. The monoisotopic (exact) mass is 473 g/mol. The van der Waals surface area contributed by atoms with Crippen LogP contribution in [0.4, 0.5) is 24.7 Å². The van der Waals surface area contributed by atoms with Gasteiger partial charge in [0.1, 0.15) is 0 Å². The molecule has 34 heavy (non-hydrogen) atoms. The zero-order valence-electron chi connectivity index (χ0n) is 18.7. The van der Waals surface area contributed by atoms with Gasteiger partial charge in [-0.25, -0.2) is 4.79 Å². The van der Waals surface area contributed by atoms with Crippen LogP contribution in [0.2, 0.25) is 0 Å². The van der Waals surface area contributed by atoms with E-state index in [0.717, 1.165) is 56.3 Å². The second-order valence-electron chi connectivity index (χ2n) is 8.47. The van der Waals surface area contributed by atoms with E-state index in [1.165, 1.54) is 22.3 Å². The first-order valence-electron chi connectivity index (χ1n) is 10.9. The minimum atomic E-state index is -5.08. The van der Waals surface area contributed by atoms with E-state index < -0.39 is 12.1 Å². The molecule has 3 aromatic rings. The van der Waals surface area contributed by atoms with Gasteiger partial charge in [0, 0.05) is 56.0 Å². The van der Waals surface area contributed by atoms with Gasteiger partial charge in [-0.3, -0.25) is 10.00 Å². The molecule has 1 aliphatic heterocycles. The van der Waals surface area contributed by atoms with Crippen LogP contribution in [0.3, 0.4) is 0 Å². The number of hydrogen-bond acceptors (Lipinski definition) is 5. The molecule has 0 radical (unpaired) electrons. The van der Waals surface area contributed by atoms with Crippen LogP contribution in [0, 0.1) is 0 Å². The molecule has 3 N–H and O–H groups in total. The van der Waals surface area contributed by atoms with Gasteiger partial charge < -0.3 is 15.3 Å². The summed E-state index contributed by atoms with van der Waals surface area (Å²) in [5.74, 6) is -1.82. The Labute approximate surface area is 195 Å². The Morgan fingerprint density at radius 2 is 1.79 bits per heavy atom. The molecule has 1 aromatic heterocycles. The number of para-hydroxylation sites is 1. The number of nitrogens with zero attached hydrogens (tertiary/aromatic N) is 3. The molecule has 0 amide bonds. The second-order valence-corrected chi connectivity index (χ2v) is 8.47. The predicted molar refractivity (Wildman–Crippen MR) is 123 cm³/mol. The molecular formula is C24H26F3N5O2. The number of aliphatic carboxylic acids is 1. The number of nitrogens with one attached hydrogen (secondary N) is 2. The number of halogens is 3. The third-order valence-electron chi connectivity index (χ3n) is 5.95. The summed E-state index contributed by atoms with van der Waals surface area (Å²) < 4.78 is 31.7. The van der Waals surface area contributed by atoms with Crippen molar-refractivity contribution in [2.75, 3.05) is 38.5 Å². The minimum Gasteiger partial charge on any atom is -0.475 e. The Morgan fingerprint density at radius 3 is 2.44 bits per heavy atom. The van der Waals surface area contributed by atoms with Crippen molar-refractivity contribution in [3.8, 4) is 11.3 Å². The number of fused-ring (bicyclic) bond motifs is 3. The van der Waals surface area contributed by atoms with Crippen molar-refractivity contribution in [2.24, 2.45) is 0 Å². The van der Waals surface area contributed by atoms with Crippen molar-refractivity contribution in [1.29, 1.82) is 0 Å². The molecule has 1 saturated heterocycles. The zero-order chi connectivity index (χ0) is 24.3. The lowest BCUT2D eigenvalue weighted by Crippen LogP contribution is -2.43. The van der Waals surface area contributed by atoms with E-state index in [9.17, 15) is 13.2 Å². The van der Waals surface area contributed by atoms with Crippen molar-refractivity contribution >= 4 is 17.5 Å². The predicted octanol–water partition coefficient (Wildman–Crippen LogP) is 4.11. The molecular weight excluding hydrogens is 447 g/mol. The van der Waals surface area contributed by atoms with Crippen LogP contribution >= 0.6 is 0 Å². The molecule has 180 valence electrons. The van der Waals surface area contributed by atoms with Gasteiger partial charge in [-0.15, -0.1) is 0 Å². The van der Waals surface area contributed by atoms with Crippen LogP contribution in [0.1, 0.15) is 16.7 Å². The van der Waals surface area contributed by atoms with E-state index in [4.69, 9.17) is 9.90 Å². The van der Waals surface area contributed by atoms with Gasteiger partial charge in [0.15, 0.2) is 5.82 Å². The molecule has 2 heterocycles. The Hall–Kier alpha value is -3.37. The number of rotatable bonds is 4. The Morgan fingerprint density at radius 1 is 1.12 bits per heavy atom. The van der Waals surface area contributed by atoms with Crippen LogP contribution in [0.25, 0.3) is 11.3 Å². The fourth-order valence-electron chi connectivity index (χ4n) is 4.11. The number of carboxylic acids is 1. The molecule has 7 nitrogen and oxygen atoms in total. The first-order valence-corrected chi connectivity index (χ1v) is 10.9. The van der Waals surface area contributed by atoms with E-state index >= 15 is 0 Å². The fraction of sp³-hybridized carbons (Fsp3) is 0.333. The van der Waals surface area contributed by atoms with Gasteiger partial charge in [-0.05, 0) is 30.3 Å². The minimum absolute atomic E-state index is 0.937. The number of alkyl halides is 3. The average molecular weight is 473 g/mol. The van der Waals surface area contributed by atoms with Gasteiger partial charge in [0.2, 0.25) is 0 Å². The SMILES string of the molecule is CN1CCN(Cc2ccc3c(c2)Cc2c(Nc4ccccc4)n[nH]c2-3)CC1.O=C(O)C(F)(F)F. The van der Waals surface area contributed by atoms with Crippen molar-refractivity contribution in [3.63, 3.8) is 0 Å². The van der Waals surface area contributed by atoms with E-state index in [0.29, 0.717) is 0 Å². The van der Waals surface area contributed by atoms with Crippen molar-refractivity contribution < 1.29 is 23.1 Å². The lowest BCUT2D eigenvalue weighted by Gasteiger charge is -2.32. The highest BCUT2D eigenvalue weighted by molar-refractivity contribution is 5.79. The molecule has 0 bridgehead atoms. The standard InChI is InChI=1S/C22H25N5.C2HF3O2/c1-26-9-11-27(12-10-26)15-16-7-8-19-17(13-16)14-20-21(19)24-25-22(20)23-18-5-3-2-4-6-18;3-2(4,5)1(6)7/h2-8,13H,9-12,14-15H2,1H3,(H2,23,24,25);(H,6,7). The van der Waals surface area contributed by atoms with Gasteiger partial charge in [-0.1, -0.05) is 36.4 Å². The highest BCUT2D eigenvalue weighted by Gasteiger charge is 2.38. The van der Waals surface area contributed by atoms with Gasteiger partial charge >= 0.3 is 12.1 Å². The highest BCUT2D eigenvalue weighted by atomic mass is 19.4. The molecule has 0 unspecified atom stereocenters. The summed E-state index contributed by atoms with van der Waals surface area (Å²) >= 11 is 0. The van der Waals surface area contributed by atoms with Crippen molar-refractivity contribution in [1.82, 2.24) is 20.0 Å². The Balaban J connectivity index is 0.000000344. The average Bonchev–Trinajstić information content (AvgIpc) is 3.35. The highest BCUT2D eigenvalue weighted by Crippen LogP contribution is 2.39. The Bertz CT molecular complexity index is 1140. The van der Waals surface area contributed by atoms with Gasteiger partial charge in [0.05, 0.1) is 5.69 Å². The summed E-state index contributed by atoms with van der Waals surface area (Å²) in [7, 11) is 2.20. The second kappa shape index (κ2) is 9.86. The number of H-pyrrole nitrogens is 1. The van der Waals surface area contributed by atoms with Crippen LogP contribution in [-0.2, 0) is 17.8 Å². The topological polar surface area (TPSA) is 84.5 Å². The molecule has 5 rings (SSSR count). The molecule has 0 saturated carbocycles. The zero-order valence-corrected chi connectivity index (χ0v) is 18.7. The molecule has 0 atom stereocenters. The molecule has 0 spiro atoms. The number of piperazine rings is 1. The van der Waals surface area contributed by atoms with E-state index in [1.54, 1.807) is 0 Å². The number of benzene rings is 2. The summed E-state index contributed by atoms with van der Waals surface area (Å²) in [5, 5.41) is 18.3. The van der Waals surface area contributed by atoms with E-state index in [2.05, 4.69) is 62.7 Å². The smallest absolute Gasteiger partial charge is 0.475 e. The molecule has 2 aliphatic rings. The Kier molecular flexibility index (Phi) is 6.90. The largest absolute Gasteiger partial charge is 0.490 e. The maximum Gasteiger partial charge on any atom is 0.490 e. The summed E-state index contributed by atoms with van der Waals surface area (Å²) in [6.45, 7) is 5.68. The summed E-state index contributed by atoms with van der Waals surface area (Å²) in [4.78, 5) is 13.9. The van der Waals surface area contributed by atoms with E-state index in [-0.39, 0.29) is 0 Å². The third kappa shape index (κ3) is 5.57. The van der Waals surface area contributed by atoms with Gasteiger partial charge in [-0.2, -0.15) is 18.3 Å². The first-order chi connectivity index (χ1) is 16.2.